The molecule has 22 heavy (non-hydrogen) atoms. The number of ether oxygens (including phenoxy) is 1. The Labute approximate surface area is 128 Å². The molecule has 5 heteroatoms. The summed E-state index contributed by atoms with van der Waals surface area (Å²) in [6, 6.07) is 17.1. The lowest BCUT2D eigenvalue weighted by molar-refractivity contribution is 0.101. The molecule has 2 aromatic carbocycles. The van der Waals surface area contributed by atoms with E-state index in [2.05, 4.69) is 10.3 Å². The summed E-state index contributed by atoms with van der Waals surface area (Å²) in [6.45, 7) is 1.49. The molecule has 0 saturated heterocycles. The summed E-state index contributed by atoms with van der Waals surface area (Å²) >= 11 is 0. The van der Waals surface area contributed by atoms with Gasteiger partial charge in [0.05, 0.1) is 12.8 Å². The maximum atomic E-state index is 11.9. The molecule has 0 aliphatic rings. The van der Waals surface area contributed by atoms with E-state index >= 15 is 0 Å². The largest absolute Gasteiger partial charge is 0.497 e. The molecule has 1 aromatic heterocycles. The normalized spacial score (nSPS) is 10.5. The maximum absolute atomic E-state index is 11.9. The smallest absolute Gasteiger partial charge is 0.182 e. The van der Waals surface area contributed by atoms with Crippen molar-refractivity contribution in [2.75, 3.05) is 7.11 Å². The van der Waals surface area contributed by atoms with Crippen molar-refractivity contribution in [3.05, 3.63) is 60.3 Å². The summed E-state index contributed by atoms with van der Waals surface area (Å²) in [4.78, 5) is 11.9. The second-order valence-electron chi connectivity index (χ2n) is 4.82. The van der Waals surface area contributed by atoms with Gasteiger partial charge < -0.3 is 4.74 Å². The molecule has 0 saturated carbocycles. The molecule has 110 valence electrons. The van der Waals surface area contributed by atoms with Crippen LogP contribution in [0.4, 0.5) is 0 Å². The van der Waals surface area contributed by atoms with Gasteiger partial charge in [0.25, 0.3) is 0 Å². The Morgan fingerprint density at radius 3 is 2.55 bits per heavy atom. The molecule has 0 radical (unpaired) electrons. The van der Waals surface area contributed by atoms with Crippen LogP contribution in [0.1, 0.15) is 17.4 Å². The number of carbonyl (C=O) groups excluding carboxylic acids is 1. The highest BCUT2D eigenvalue weighted by atomic mass is 16.5. The van der Waals surface area contributed by atoms with E-state index < -0.39 is 0 Å². The zero-order valence-corrected chi connectivity index (χ0v) is 12.4. The van der Waals surface area contributed by atoms with Crippen molar-refractivity contribution in [1.82, 2.24) is 15.0 Å². The van der Waals surface area contributed by atoms with E-state index in [1.165, 1.54) is 6.92 Å². The highest BCUT2D eigenvalue weighted by Gasteiger charge is 2.19. The van der Waals surface area contributed by atoms with Crippen LogP contribution in [0.15, 0.2) is 54.6 Å². The van der Waals surface area contributed by atoms with Gasteiger partial charge in [-0.3, -0.25) is 4.79 Å². The first-order valence-electron chi connectivity index (χ1n) is 6.87. The summed E-state index contributed by atoms with van der Waals surface area (Å²) in [5, 5.41) is 8.20. The van der Waals surface area contributed by atoms with Crippen LogP contribution >= 0.6 is 0 Å². The quantitative estimate of drug-likeness (QED) is 0.693. The molecule has 0 atom stereocenters. The number of carbonyl (C=O) groups is 1. The predicted octanol–water partition coefficient (Wildman–Crippen LogP) is 3.15. The van der Waals surface area contributed by atoms with E-state index in [0.717, 1.165) is 17.0 Å². The molecule has 0 unspecified atom stereocenters. The lowest BCUT2D eigenvalue weighted by atomic mass is 10.1. The fourth-order valence-corrected chi connectivity index (χ4v) is 2.30. The average Bonchev–Trinajstić information content (AvgIpc) is 3.01. The van der Waals surface area contributed by atoms with Gasteiger partial charge in [0.2, 0.25) is 0 Å². The minimum absolute atomic E-state index is 0.118. The molecule has 3 aromatic rings. The Morgan fingerprint density at radius 2 is 1.86 bits per heavy atom. The summed E-state index contributed by atoms with van der Waals surface area (Å²) in [5.74, 6) is 0.601. The maximum Gasteiger partial charge on any atom is 0.182 e. The monoisotopic (exact) mass is 293 g/mol. The summed E-state index contributed by atoms with van der Waals surface area (Å²) in [6.07, 6.45) is 0. The van der Waals surface area contributed by atoms with E-state index in [1.807, 2.05) is 54.6 Å². The van der Waals surface area contributed by atoms with Gasteiger partial charge >= 0.3 is 0 Å². The van der Waals surface area contributed by atoms with E-state index in [4.69, 9.17) is 4.74 Å². The highest BCUT2D eigenvalue weighted by Crippen LogP contribution is 2.26. The SMILES string of the molecule is COc1cccc(-n2nnc(C(C)=O)c2-c2ccccc2)c1. The van der Waals surface area contributed by atoms with Crippen LogP contribution in [0.2, 0.25) is 0 Å². The molecule has 0 aliphatic carbocycles. The Kier molecular flexibility index (Phi) is 3.70. The molecule has 3 rings (SSSR count). The van der Waals surface area contributed by atoms with Crippen LogP contribution < -0.4 is 4.74 Å². The topological polar surface area (TPSA) is 57.0 Å². The first-order valence-corrected chi connectivity index (χ1v) is 6.87. The number of nitrogens with zero attached hydrogens (tertiary/aromatic N) is 3. The fourth-order valence-electron chi connectivity index (χ4n) is 2.30. The van der Waals surface area contributed by atoms with E-state index in [0.29, 0.717) is 11.4 Å². The van der Waals surface area contributed by atoms with Gasteiger partial charge in [-0.25, -0.2) is 4.68 Å². The summed E-state index contributed by atoms with van der Waals surface area (Å²) < 4.78 is 6.91. The number of hydrogen-bond donors (Lipinski definition) is 0. The Morgan fingerprint density at radius 1 is 1.09 bits per heavy atom. The third-order valence-electron chi connectivity index (χ3n) is 3.35. The minimum Gasteiger partial charge on any atom is -0.497 e. The molecule has 0 spiro atoms. The molecule has 0 aliphatic heterocycles. The number of rotatable bonds is 4. The number of benzene rings is 2. The number of ketones is 1. The Bertz CT molecular complexity index is 810. The van der Waals surface area contributed by atoms with Gasteiger partial charge in [-0.2, -0.15) is 0 Å². The number of aromatic nitrogens is 3. The van der Waals surface area contributed by atoms with Crippen LogP contribution in [-0.4, -0.2) is 27.9 Å². The summed E-state index contributed by atoms with van der Waals surface area (Å²) in [7, 11) is 1.61. The fraction of sp³-hybridized carbons (Fsp3) is 0.118. The average molecular weight is 293 g/mol. The van der Waals surface area contributed by atoms with E-state index in [-0.39, 0.29) is 5.78 Å². The first kappa shape index (κ1) is 14.0. The lowest BCUT2D eigenvalue weighted by Gasteiger charge is -2.09. The molecular weight excluding hydrogens is 278 g/mol. The standard InChI is InChI=1S/C17H15N3O2/c1-12(21)16-17(13-7-4-3-5-8-13)20(19-18-16)14-9-6-10-15(11-14)22-2/h3-11H,1-2H3. The van der Waals surface area contributed by atoms with Crippen LogP contribution in [0.3, 0.4) is 0 Å². The Balaban J connectivity index is 2.22. The van der Waals surface area contributed by atoms with Crippen molar-refractivity contribution in [2.45, 2.75) is 6.92 Å². The van der Waals surface area contributed by atoms with Gasteiger partial charge in [-0.05, 0) is 12.1 Å². The van der Waals surface area contributed by atoms with Crippen LogP contribution in [0.25, 0.3) is 16.9 Å². The number of hydrogen-bond acceptors (Lipinski definition) is 4. The summed E-state index contributed by atoms with van der Waals surface area (Å²) in [5.41, 5.74) is 2.72. The van der Waals surface area contributed by atoms with Crippen LogP contribution in [0.5, 0.6) is 5.75 Å². The Hall–Kier alpha value is -2.95. The van der Waals surface area contributed by atoms with E-state index in [1.54, 1.807) is 11.8 Å². The second-order valence-corrected chi connectivity index (χ2v) is 4.82. The number of Topliss-reactive ketones (excluding diaryl/α,β-unsaturated/α-hetero) is 1. The molecule has 0 fully saturated rings. The number of methoxy groups -OCH3 is 1. The zero-order valence-electron chi connectivity index (χ0n) is 12.4. The van der Waals surface area contributed by atoms with Crippen molar-refractivity contribution >= 4 is 5.78 Å². The van der Waals surface area contributed by atoms with Crippen molar-refractivity contribution < 1.29 is 9.53 Å². The van der Waals surface area contributed by atoms with Gasteiger partial charge in [-0.1, -0.05) is 41.6 Å². The third kappa shape index (κ3) is 2.48. The molecule has 0 N–H and O–H groups in total. The van der Waals surface area contributed by atoms with Gasteiger partial charge in [0.15, 0.2) is 11.5 Å². The molecule has 0 bridgehead atoms. The predicted molar refractivity (Wildman–Crippen MR) is 83.4 cm³/mol. The van der Waals surface area contributed by atoms with Crippen molar-refractivity contribution in [3.8, 4) is 22.7 Å². The van der Waals surface area contributed by atoms with Gasteiger partial charge in [0.1, 0.15) is 11.4 Å². The van der Waals surface area contributed by atoms with Crippen LogP contribution in [0, 0.1) is 0 Å². The minimum atomic E-state index is -0.118. The first-order chi connectivity index (χ1) is 10.7. The second kappa shape index (κ2) is 5.81. The molecule has 1 heterocycles. The van der Waals surface area contributed by atoms with Gasteiger partial charge in [0, 0.05) is 18.6 Å². The molecule has 5 nitrogen and oxygen atoms in total. The van der Waals surface area contributed by atoms with E-state index in [9.17, 15) is 4.79 Å². The third-order valence-corrected chi connectivity index (χ3v) is 3.35. The molecule has 0 amide bonds. The highest BCUT2D eigenvalue weighted by molar-refractivity contribution is 5.98. The van der Waals surface area contributed by atoms with Crippen LogP contribution in [-0.2, 0) is 0 Å². The van der Waals surface area contributed by atoms with Crippen molar-refractivity contribution in [1.29, 1.82) is 0 Å². The zero-order chi connectivity index (χ0) is 15.5. The van der Waals surface area contributed by atoms with Gasteiger partial charge in [-0.15, -0.1) is 5.10 Å². The van der Waals surface area contributed by atoms with Crippen molar-refractivity contribution in [3.63, 3.8) is 0 Å². The van der Waals surface area contributed by atoms with Crippen molar-refractivity contribution in [2.24, 2.45) is 0 Å². The lowest BCUT2D eigenvalue weighted by Crippen LogP contribution is -2.02. The molecular formula is C17H15N3O2.